The first-order chi connectivity index (χ1) is 11.7. The predicted molar refractivity (Wildman–Crippen MR) is 96.6 cm³/mol. The fourth-order valence-corrected chi connectivity index (χ4v) is 3.57. The summed E-state index contributed by atoms with van der Waals surface area (Å²) in [5.74, 6) is 0.480. The molecule has 0 saturated carbocycles. The molecular weight excluding hydrogens is 298 g/mol. The summed E-state index contributed by atoms with van der Waals surface area (Å²) in [6.07, 6.45) is 4.38. The van der Waals surface area contributed by atoms with Crippen molar-refractivity contribution < 1.29 is 4.79 Å². The molecule has 0 aliphatic carbocycles. The van der Waals surface area contributed by atoms with Crippen molar-refractivity contribution in [2.75, 3.05) is 5.32 Å². The first-order valence-corrected chi connectivity index (χ1v) is 8.56. The van der Waals surface area contributed by atoms with Gasteiger partial charge in [-0.1, -0.05) is 38.5 Å². The van der Waals surface area contributed by atoms with Gasteiger partial charge in [-0.25, -0.2) is 0 Å². The van der Waals surface area contributed by atoms with Crippen LogP contribution in [0.3, 0.4) is 0 Å². The number of aromatic nitrogens is 2. The summed E-state index contributed by atoms with van der Waals surface area (Å²) in [6.45, 7) is 5.15. The van der Waals surface area contributed by atoms with Gasteiger partial charge in [0.25, 0.3) is 5.91 Å². The largest absolute Gasteiger partial charge is 0.321 e. The lowest BCUT2D eigenvalue weighted by Gasteiger charge is -2.09. The Morgan fingerprint density at radius 1 is 1.21 bits per heavy atom. The van der Waals surface area contributed by atoms with Gasteiger partial charge in [-0.2, -0.15) is 5.10 Å². The third-order valence-electron chi connectivity index (χ3n) is 4.84. The van der Waals surface area contributed by atoms with Gasteiger partial charge >= 0.3 is 0 Å². The lowest BCUT2D eigenvalue weighted by molar-refractivity contribution is 0.103. The van der Waals surface area contributed by atoms with E-state index < -0.39 is 0 Å². The van der Waals surface area contributed by atoms with Gasteiger partial charge in [0, 0.05) is 28.8 Å². The van der Waals surface area contributed by atoms with Crippen LogP contribution >= 0.6 is 0 Å². The van der Waals surface area contributed by atoms with E-state index in [0.29, 0.717) is 12.5 Å². The van der Waals surface area contributed by atoms with Gasteiger partial charge in [-0.05, 0) is 35.6 Å². The number of nitrogens with zero attached hydrogens (tertiary/aromatic N) is 2. The van der Waals surface area contributed by atoms with E-state index in [0.717, 1.165) is 34.1 Å². The second-order valence-corrected chi connectivity index (χ2v) is 6.58. The maximum absolute atomic E-state index is 12.0. The van der Waals surface area contributed by atoms with Crippen LogP contribution in [0.5, 0.6) is 0 Å². The fourth-order valence-electron chi connectivity index (χ4n) is 3.57. The summed E-state index contributed by atoms with van der Waals surface area (Å²) in [5, 5.41) is 9.84. The molecule has 4 rings (SSSR count). The Kier molecular flexibility index (Phi) is 3.60. The van der Waals surface area contributed by atoms with Crippen LogP contribution < -0.4 is 5.32 Å². The Balaban J connectivity index is 1.69. The summed E-state index contributed by atoms with van der Waals surface area (Å²) in [7, 11) is 0. The molecule has 0 saturated heterocycles. The van der Waals surface area contributed by atoms with Gasteiger partial charge in [0.2, 0.25) is 0 Å². The fraction of sp³-hybridized carbons (Fsp3) is 0.300. The second-order valence-electron chi connectivity index (χ2n) is 6.58. The van der Waals surface area contributed by atoms with E-state index in [9.17, 15) is 4.79 Å². The van der Waals surface area contributed by atoms with E-state index in [1.165, 1.54) is 12.0 Å². The van der Waals surface area contributed by atoms with Crippen LogP contribution in [0.25, 0.3) is 10.8 Å². The van der Waals surface area contributed by atoms with Crippen LogP contribution in [-0.2, 0) is 6.54 Å². The molecule has 0 bridgehead atoms. The smallest absolute Gasteiger partial charge is 0.256 e. The minimum absolute atomic E-state index is 0.0116. The maximum atomic E-state index is 12.0. The molecule has 4 heteroatoms. The number of anilines is 1. The Bertz CT molecular complexity index is 926. The molecular formula is C20H21N3O. The molecule has 2 aromatic carbocycles. The topological polar surface area (TPSA) is 46.9 Å². The van der Waals surface area contributed by atoms with Crippen LogP contribution in [0, 0.1) is 0 Å². The molecule has 1 atom stereocenters. The highest BCUT2D eigenvalue weighted by atomic mass is 16.1. The number of carbonyl (C=O) groups excluding carboxylic acids is 1. The Morgan fingerprint density at radius 3 is 2.92 bits per heavy atom. The lowest BCUT2D eigenvalue weighted by atomic mass is 10.0. The molecule has 4 nitrogen and oxygen atoms in total. The molecule has 1 aromatic heterocycles. The van der Waals surface area contributed by atoms with Crippen molar-refractivity contribution in [1.29, 1.82) is 0 Å². The molecule has 1 unspecified atom stereocenters. The van der Waals surface area contributed by atoms with Crippen LogP contribution in [-0.4, -0.2) is 15.7 Å². The highest BCUT2D eigenvalue weighted by Crippen LogP contribution is 2.35. The minimum atomic E-state index is -0.0116. The molecule has 3 aromatic rings. The van der Waals surface area contributed by atoms with Gasteiger partial charge in [0.1, 0.15) is 0 Å². The van der Waals surface area contributed by atoms with E-state index >= 15 is 0 Å². The average Bonchev–Trinajstić information content (AvgIpc) is 3.17. The van der Waals surface area contributed by atoms with Crippen molar-refractivity contribution in [2.45, 2.75) is 39.2 Å². The van der Waals surface area contributed by atoms with Crippen molar-refractivity contribution in [2.24, 2.45) is 0 Å². The molecule has 0 radical (unpaired) electrons. The number of nitrogens with one attached hydrogen (secondary N) is 1. The van der Waals surface area contributed by atoms with Crippen LogP contribution in [0.4, 0.5) is 5.69 Å². The predicted octanol–water partition coefficient (Wildman–Crippen LogP) is 4.55. The third-order valence-corrected chi connectivity index (χ3v) is 4.84. The van der Waals surface area contributed by atoms with Crippen molar-refractivity contribution in [3.05, 3.63) is 59.4 Å². The van der Waals surface area contributed by atoms with Gasteiger partial charge in [0.15, 0.2) is 0 Å². The zero-order valence-corrected chi connectivity index (χ0v) is 14.0. The normalized spacial score (nSPS) is 14.2. The highest BCUT2D eigenvalue weighted by Gasteiger charge is 2.22. The Morgan fingerprint density at radius 2 is 2.08 bits per heavy atom. The average molecular weight is 319 g/mol. The molecule has 24 heavy (non-hydrogen) atoms. The van der Waals surface area contributed by atoms with Crippen molar-refractivity contribution in [3.63, 3.8) is 0 Å². The van der Waals surface area contributed by atoms with Gasteiger partial charge in [0.05, 0.1) is 12.2 Å². The zero-order valence-electron chi connectivity index (χ0n) is 14.0. The summed E-state index contributed by atoms with van der Waals surface area (Å²) >= 11 is 0. The Labute approximate surface area is 141 Å². The third kappa shape index (κ3) is 2.39. The number of benzene rings is 2. The molecule has 1 aliphatic rings. The minimum Gasteiger partial charge on any atom is -0.321 e. The number of amides is 1. The van der Waals surface area contributed by atoms with Crippen molar-refractivity contribution in [3.8, 4) is 0 Å². The highest BCUT2D eigenvalue weighted by molar-refractivity contribution is 6.24. The van der Waals surface area contributed by atoms with E-state index in [4.69, 9.17) is 5.10 Å². The van der Waals surface area contributed by atoms with E-state index in [1.807, 2.05) is 29.1 Å². The summed E-state index contributed by atoms with van der Waals surface area (Å²) in [4.78, 5) is 12.0. The SMILES string of the molecule is CCCC(C)c1ccn(Cc2ccc3c4c(cccc24)C(=O)N3)n1. The number of rotatable bonds is 5. The lowest BCUT2D eigenvalue weighted by Crippen LogP contribution is -2.03. The van der Waals surface area contributed by atoms with Crippen molar-refractivity contribution in [1.82, 2.24) is 9.78 Å². The van der Waals surface area contributed by atoms with Crippen molar-refractivity contribution >= 4 is 22.4 Å². The van der Waals surface area contributed by atoms with E-state index in [2.05, 4.69) is 37.4 Å². The van der Waals surface area contributed by atoms with Gasteiger partial charge < -0.3 is 5.32 Å². The van der Waals surface area contributed by atoms with Gasteiger partial charge in [-0.15, -0.1) is 0 Å². The molecule has 1 N–H and O–H groups in total. The molecule has 0 spiro atoms. The standard InChI is InChI=1S/C20H21N3O/c1-3-5-13(2)17-10-11-23(22-17)12-14-8-9-18-19-15(14)6-4-7-16(19)20(24)21-18/h4,6-11,13H,3,5,12H2,1-2H3,(H,21,24). The number of hydrogen-bond acceptors (Lipinski definition) is 2. The number of hydrogen-bond donors (Lipinski definition) is 1. The van der Waals surface area contributed by atoms with Crippen LogP contribution in [0.15, 0.2) is 42.6 Å². The quantitative estimate of drug-likeness (QED) is 0.749. The number of carbonyl (C=O) groups is 1. The van der Waals surface area contributed by atoms with Crippen LogP contribution in [0.1, 0.15) is 54.2 Å². The maximum Gasteiger partial charge on any atom is 0.256 e. The van der Waals surface area contributed by atoms with Gasteiger partial charge in [-0.3, -0.25) is 9.48 Å². The monoisotopic (exact) mass is 319 g/mol. The zero-order chi connectivity index (χ0) is 16.7. The Hall–Kier alpha value is -2.62. The first kappa shape index (κ1) is 14.9. The molecule has 2 heterocycles. The summed E-state index contributed by atoms with van der Waals surface area (Å²) in [5.41, 5.74) is 4.01. The second kappa shape index (κ2) is 5.78. The summed E-state index contributed by atoms with van der Waals surface area (Å²) < 4.78 is 2.00. The molecule has 1 amide bonds. The first-order valence-electron chi connectivity index (χ1n) is 8.56. The molecule has 0 fully saturated rings. The van der Waals surface area contributed by atoms with E-state index in [1.54, 1.807) is 0 Å². The molecule has 122 valence electrons. The summed E-state index contributed by atoms with van der Waals surface area (Å²) in [6, 6.07) is 12.1. The molecule has 1 aliphatic heterocycles. The van der Waals surface area contributed by atoms with E-state index in [-0.39, 0.29) is 5.91 Å². The van der Waals surface area contributed by atoms with Crippen LogP contribution in [0.2, 0.25) is 0 Å².